The molecular formula is C6H9NS. The smallest absolute Gasteiger partial charge is 0.0376 e. The Labute approximate surface area is 55.2 Å². The number of rotatable bonds is 2. The van der Waals surface area contributed by atoms with Gasteiger partial charge in [0.05, 0.1) is 0 Å². The molecule has 0 rings (SSSR count). The molecule has 0 saturated heterocycles. The van der Waals surface area contributed by atoms with E-state index in [2.05, 4.69) is 30.9 Å². The van der Waals surface area contributed by atoms with Gasteiger partial charge in [-0.2, -0.15) is 0 Å². The van der Waals surface area contributed by atoms with Crippen LogP contribution in [-0.4, -0.2) is 6.72 Å². The van der Waals surface area contributed by atoms with E-state index in [-0.39, 0.29) is 0 Å². The van der Waals surface area contributed by atoms with Crippen LogP contribution in [0, 0.1) is 0 Å². The second kappa shape index (κ2) is 3.50. The Bertz CT molecular complexity index is 135. The highest BCUT2D eigenvalue weighted by molar-refractivity contribution is 7.84. The molecule has 0 unspecified atom stereocenters. The number of allylic oxidation sites excluding steroid dienone is 2. The molecule has 0 aromatic carbocycles. The molecule has 0 aromatic heterocycles. The molecule has 2 heteroatoms. The van der Waals surface area contributed by atoms with Crippen molar-refractivity contribution in [3.8, 4) is 0 Å². The molecule has 0 amide bonds. The molecule has 0 aliphatic carbocycles. The van der Waals surface area contributed by atoms with Crippen molar-refractivity contribution in [2.45, 2.75) is 6.92 Å². The van der Waals surface area contributed by atoms with E-state index in [9.17, 15) is 0 Å². The molecule has 0 fully saturated rings. The molecular weight excluding hydrogens is 118 g/mol. The molecule has 8 heavy (non-hydrogen) atoms. The zero-order valence-corrected chi connectivity index (χ0v) is 5.78. The van der Waals surface area contributed by atoms with Crippen LogP contribution in [0.2, 0.25) is 0 Å². The van der Waals surface area contributed by atoms with Crippen LogP contribution in [0.5, 0.6) is 0 Å². The van der Waals surface area contributed by atoms with Crippen molar-refractivity contribution in [2.24, 2.45) is 4.99 Å². The van der Waals surface area contributed by atoms with Gasteiger partial charge in [0.25, 0.3) is 0 Å². The molecule has 0 aliphatic rings. The second-order valence-electron chi connectivity index (χ2n) is 1.44. The van der Waals surface area contributed by atoms with E-state index >= 15 is 0 Å². The lowest BCUT2D eigenvalue weighted by atomic mass is 10.4. The van der Waals surface area contributed by atoms with Gasteiger partial charge in [-0.3, -0.25) is 4.99 Å². The van der Waals surface area contributed by atoms with Crippen molar-refractivity contribution in [3.63, 3.8) is 0 Å². The average molecular weight is 127 g/mol. The molecule has 1 nitrogen and oxygen atoms in total. The van der Waals surface area contributed by atoms with Crippen molar-refractivity contribution >= 4 is 19.3 Å². The molecule has 0 bridgehead atoms. The first-order valence-corrected chi connectivity index (χ1v) is 2.64. The molecule has 0 aliphatic heterocycles. The highest BCUT2D eigenvalue weighted by Crippen LogP contribution is 2.02. The fourth-order valence-corrected chi connectivity index (χ4v) is 0.474. The Morgan fingerprint density at radius 3 is 2.38 bits per heavy atom. The fourth-order valence-electron chi connectivity index (χ4n) is 0.287. The van der Waals surface area contributed by atoms with Crippen LogP contribution in [0.25, 0.3) is 0 Å². The topological polar surface area (TPSA) is 12.4 Å². The zero-order chi connectivity index (χ0) is 6.57. The Morgan fingerprint density at radius 2 is 2.25 bits per heavy atom. The third-order valence-corrected chi connectivity index (χ3v) is 0.754. The number of hydrogen-bond donors (Lipinski definition) is 1. The predicted octanol–water partition coefficient (Wildman–Crippen LogP) is 2.03. The summed E-state index contributed by atoms with van der Waals surface area (Å²) in [6.07, 6.45) is 1.75. The van der Waals surface area contributed by atoms with Crippen LogP contribution in [0.15, 0.2) is 28.2 Å². The minimum absolute atomic E-state index is 0.704. The molecule has 0 heterocycles. The van der Waals surface area contributed by atoms with Crippen LogP contribution in [0.4, 0.5) is 0 Å². The summed E-state index contributed by atoms with van der Waals surface area (Å²) in [6.45, 7) is 8.71. The summed E-state index contributed by atoms with van der Waals surface area (Å²) in [5.74, 6) is 0. The monoisotopic (exact) mass is 127 g/mol. The third kappa shape index (κ3) is 3.68. The van der Waals surface area contributed by atoms with Gasteiger partial charge in [0.1, 0.15) is 0 Å². The highest BCUT2D eigenvalue weighted by Gasteiger charge is 1.78. The summed E-state index contributed by atoms with van der Waals surface area (Å²) < 4.78 is 0. The first-order valence-electron chi connectivity index (χ1n) is 2.19. The molecule has 0 spiro atoms. The minimum Gasteiger partial charge on any atom is -0.269 e. The Kier molecular flexibility index (Phi) is 3.28. The van der Waals surface area contributed by atoms with Gasteiger partial charge in [-0.25, -0.2) is 0 Å². The van der Waals surface area contributed by atoms with E-state index < -0.39 is 0 Å². The van der Waals surface area contributed by atoms with E-state index in [0.717, 1.165) is 5.70 Å². The summed E-state index contributed by atoms with van der Waals surface area (Å²) in [5.41, 5.74) is 0.838. The second-order valence-corrected chi connectivity index (χ2v) is 2.01. The number of thiol groups is 1. The number of hydrogen-bond acceptors (Lipinski definition) is 2. The van der Waals surface area contributed by atoms with Crippen molar-refractivity contribution in [2.75, 3.05) is 0 Å². The van der Waals surface area contributed by atoms with E-state index in [1.54, 1.807) is 6.08 Å². The van der Waals surface area contributed by atoms with E-state index in [1.165, 1.54) is 0 Å². The first kappa shape index (κ1) is 7.50. The number of aliphatic imine (C=N–C) groups is 1. The lowest BCUT2D eigenvalue weighted by Crippen LogP contribution is -1.65. The molecule has 0 radical (unpaired) electrons. The van der Waals surface area contributed by atoms with Crippen molar-refractivity contribution in [1.29, 1.82) is 0 Å². The van der Waals surface area contributed by atoms with E-state index in [4.69, 9.17) is 0 Å². The zero-order valence-electron chi connectivity index (χ0n) is 4.89. The lowest BCUT2D eigenvalue weighted by molar-refractivity contribution is 1.33. The summed E-state index contributed by atoms with van der Waals surface area (Å²) in [4.78, 5) is 4.33. The van der Waals surface area contributed by atoms with E-state index in [1.807, 2.05) is 6.92 Å². The summed E-state index contributed by atoms with van der Waals surface area (Å²) in [7, 11) is 0. The Balaban J connectivity index is 3.94. The minimum atomic E-state index is 0.704. The van der Waals surface area contributed by atoms with Crippen LogP contribution in [0.1, 0.15) is 6.92 Å². The quantitative estimate of drug-likeness (QED) is 0.331. The van der Waals surface area contributed by atoms with Crippen LogP contribution >= 0.6 is 12.6 Å². The number of nitrogens with zero attached hydrogens (tertiary/aromatic N) is 1. The normalized spacial score (nSPS) is 11.0. The van der Waals surface area contributed by atoms with Crippen LogP contribution in [0.3, 0.4) is 0 Å². The van der Waals surface area contributed by atoms with Crippen molar-refractivity contribution < 1.29 is 0 Å². The maximum absolute atomic E-state index is 3.93. The molecule has 0 saturated carbocycles. The molecule has 0 N–H and O–H groups in total. The van der Waals surface area contributed by atoms with Crippen molar-refractivity contribution in [1.82, 2.24) is 0 Å². The van der Waals surface area contributed by atoms with Gasteiger partial charge in [-0.15, -0.1) is 12.6 Å². The van der Waals surface area contributed by atoms with Gasteiger partial charge in [0, 0.05) is 5.70 Å². The summed E-state index contributed by atoms with van der Waals surface area (Å²) >= 11 is 3.93. The summed E-state index contributed by atoms with van der Waals surface area (Å²) in [6, 6.07) is 0. The molecule has 44 valence electrons. The Hall–Kier alpha value is -0.500. The lowest BCUT2D eigenvalue weighted by Gasteiger charge is -1.86. The highest BCUT2D eigenvalue weighted by atomic mass is 32.1. The van der Waals surface area contributed by atoms with Gasteiger partial charge < -0.3 is 0 Å². The van der Waals surface area contributed by atoms with Gasteiger partial charge in [-0.05, 0) is 24.6 Å². The van der Waals surface area contributed by atoms with Crippen LogP contribution < -0.4 is 0 Å². The van der Waals surface area contributed by atoms with Gasteiger partial charge >= 0.3 is 0 Å². The maximum Gasteiger partial charge on any atom is 0.0376 e. The SMILES string of the molecule is C=N/C(C)=C\C(=C)S. The first-order chi connectivity index (χ1) is 3.66. The van der Waals surface area contributed by atoms with Crippen LogP contribution in [-0.2, 0) is 0 Å². The van der Waals surface area contributed by atoms with Gasteiger partial charge in [0.2, 0.25) is 0 Å². The molecule has 0 aromatic rings. The average Bonchev–Trinajstić information content (AvgIpc) is 1.65. The predicted molar refractivity (Wildman–Crippen MR) is 41.4 cm³/mol. The van der Waals surface area contributed by atoms with Crippen molar-refractivity contribution in [3.05, 3.63) is 23.3 Å². The fraction of sp³-hybridized carbons (Fsp3) is 0.167. The maximum atomic E-state index is 3.93. The third-order valence-electron chi connectivity index (χ3n) is 0.625. The van der Waals surface area contributed by atoms with E-state index in [0.29, 0.717) is 4.91 Å². The largest absolute Gasteiger partial charge is 0.269 e. The van der Waals surface area contributed by atoms with Gasteiger partial charge in [-0.1, -0.05) is 6.58 Å². The van der Waals surface area contributed by atoms with Gasteiger partial charge in [0.15, 0.2) is 0 Å². The standard InChI is InChI=1S/C6H9NS/c1-5(7-3)4-6(2)8/h4,8H,2-3H2,1H3/b5-4-. The summed E-state index contributed by atoms with van der Waals surface area (Å²) in [5, 5.41) is 0. The Morgan fingerprint density at radius 1 is 1.75 bits per heavy atom. The molecule has 0 atom stereocenters.